The molecule has 2 N–H and O–H groups in total. The number of aromatic nitrogens is 2. The highest BCUT2D eigenvalue weighted by molar-refractivity contribution is 7.10. The fourth-order valence-corrected chi connectivity index (χ4v) is 4.06. The molecular weight excluding hydrogens is 302 g/mol. The van der Waals surface area contributed by atoms with Crippen LogP contribution in [0.1, 0.15) is 36.9 Å². The highest BCUT2D eigenvalue weighted by atomic mass is 32.1. The molecule has 2 aromatic rings. The molecule has 1 atom stereocenters. The van der Waals surface area contributed by atoms with E-state index in [2.05, 4.69) is 29.3 Å². The molecule has 2 aromatic heterocycles. The zero-order valence-corrected chi connectivity index (χ0v) is 13.4. The molecule has 22 heavy (non-hydrogen) atoms. The molecule has 0 saturated heterocycles. The summed E-state index contributed by atoms with van der Waals surface area (Å²) in [6.07, 6.45) is 1.35. The molecular formula is C15H19N3O3S. The number of hydrogen-bond donors (Lipinski definition) is 2. The Labute approximate surface area is 132 Å². The summed E-state index contributed by atoms with van der Waals surface area (Å²) in [5.41, 5.74) is -0.424. The Morgan fingerprint density at radius 3 is 2.86 bits per heavy atom. The molecule has 1 saturated carbocycles. The normalized spacial score (nSPS) is 22.5. The largest absolute Gasteiger partial charge is 0.387 e. The van der Waals surface area contributed by atoms with Gasteiger partial charge in [0.15, 0.2) is 5.82 Å². The number of nitrogens with one attached hydrogen (secondary N) is 1. The van der Waals surface area contributed by atoms with Crippen LogP contribution >= 0.6 is 11.3 Å². The smallest absolute Gasteiger partial charge is 0.252 e. The number of rotatable bonds is 6. The van der Waals surface area contributed by atoms with Crippen molar-refractivity contribution in [2.45, 2.75) is 38.7 Å². The summed E-state index contributed by atoms with van der Waals surface area (Å²) in [7, 11) is 0. The van der Waals surface area contributed by atoms with E-state index in [0.29, 0.717) is 18.8 Å². The van der Waals surface area contributed by atoms with Gasteiger partial charge in [0.25, 0.3) is 5.89 Å². The van der Waals surface area contributed by atoms with Gasteiger partial charge < -0.3 is 14.9 Å². The van der Waals surface area contributed by atoms with Gasteiger partial charge in [-0.15, -0.1) is 11.3 Å². The number of hydrogen-bond acceptors (Lipinski definition) is 6. The van der Waals surface area contributed by atoms with E-state index in [-0.39, 0.29) is 23.8 Å². The molecule has 0 radical (unpaired) electrons. The molecule has 0 aromatic carbocycles. The predicted molar refractivity (Wildman–Crippen MR) is 81.3 cm³/mol. The molecule has 118 valence electrons. The second kappa shape index (κ2) is 5.48. The minimum absolute atomic E-state index is 0.0157. The Morgan fingerprint density at radius 1 is 1.55 bits per heavy atom. The van der Waals surface area contributed by atoms with Gasteiger partial charge in [-0.1, -0.05) is 25.1 Å². The van der Waals surface area contributed by atoms with Gasteiger partial charge in [0.2, 0.25) is 5.91 Å². The number of carbonyl (C=O) groups is 1. The molecule has 1 aliphatic rings. The third-order valence-corrected chi connectivity index (χ3v) is 5.38. The SMILES string of the molecule is CC1(C)CC1(C(=O)NCCc1noc(CO)n1)c1cccs1. The minimum atomic E-state index is -0.408. The zero-order chi connectivity index (χ0) is 15.8. The van der Waals surface area contributed by atoms with Crippen LogP contribution < -0.4 is 5.32 Å². The number of amides is 1. The molecule has 1 amide bonds. The first-order valence-electron chi connectivity index (χ1n) is 7.24. The number of aliphatic hydroxyl groups excluding tert-OH is 1. The van der Waals surface area contributed by atoms with Crippen LogP contribution in [0.15, 0.2) is 22.0 Å². The highest BCUT2D eigenvalue weighted by Crippen LogP contribution is 2.65. The van der Waals surface area contributed by atoms with Crippen LogP contribution in [-0.2, 0) is 23.2 Å². The predicted octanol–water partition coefficient (Wildman–Crippen LogP) is 1.65. The number of thiophene rings is 1. The van der Waals surface area contributed by atoms with Crippen molar-refractivity contribution in [3.05, 3.63) is 34.1 Å². The lowest BCUT2D eigenvalue weighted by molar-refractivity contribution is -0.124. The Balaban J connectivity index is 1.62. The lowest BCUT2D eigenvalue weighted by Crippen LogP contribution is -2.38. The van der Waals surface area contributed by atoms with Gasteiger partial charge >= 0.3 is 0 Å². The molecule has 1 unspecified atom stereocenters. The standard InChI is InChI=1S/C15H19N3O3S/c1-14(2)9-15(14,10-4-3-7-22-10)13(20)16-6-5-11-17-12(8-19)21-18-11/h3-4,7,19H,5-6,8-9H2,1-2H3,(H,16,20). The zero-order valence-electron chi connectivity index (χ0n) is 12.6. The van der Waals surface area contributed by atoms with Gasteiger partial charge in [-0.25, -0.2) is 0 Å². The Hall–Kier alpha value is -1.73. The van der Waals surface area contributed by atoms with Crippen molar-refractivity contribution in [3.63, 3.8) is 0 Å². The summed E-state index contributed by atoms with van der Waals surface area (Å²) in [5, 5.41) is 17.6. The minimum Gasteiger partial charge on any atom is -0.387 e. The van der Waals surface area contributed by atoms with E-state index in [1.165, 1.54) is 0 Å². The van der Waals surface area contributed by atoms with Crippen LogP contribution in [0.3, 0.4) is 0 Å². The van der Waals surface area contributed by atoms with Crippen molar-refractivity contribution in [1.29, 1.82) is 0 Å². The van der Waals surface area contributed by atoms with E-state index in [1.54, 1.807) is 11.3 Å². The molecule has 1 fully saturated rings. The van der Waals surface area contributed by atoms with Gasteiger partial charge in [-0.05, 0) is 23.3 Å². The summed E-state index contributed by atoms with van der Waals surface area (Å²) >= 11 is 1.63. The lowest BCUT2D eigenvalue weighted by atomic mass is 9.93. The van der Waals surface area contributed by atoms with Crippen molar-refractivity contribution >= 4 is 17.2 Å². The van der Waals surface area contributed by atoms with Crippen molar-refractivity contribution in [2.75, 3.05) is 6.54 Å². The molecule has 0 spiro atoms. The maximum atomic E-state index is 12.7. The Bertz CT molecular complexity index is 665. The van der Waals surface area contributed by atoms with Crippen LogP contribution in [-0.4, -0.2) is 27.7 Å². The third-order valence-electron chi connectivity index (χ3n) is 4.35. The van der Waals surface area contributed by atoms with Crippen LogP contribution in [0.2, 0.25) is 0 Å². The van der Waals surface area contributed by atoms with E-state index in [9.17, 15) is 4.79 Å². The first-order valence-corrected chi connectivity index (χ1v) is 8.12. The first-order chi connectivity index (χ1) is 10.5. The number of nitrogens with zero attached hydrogens (tertiary/aromatic N) is 2. The third kappa shape index (κ3) is 2.44. The maximum absolute atomic E-state index is 12.7. The summed E-state index contributed by atoms with van der Waals surface area (Å²) < 4.78 is 4.82. The second-order valence-electron chi connectivity index (χ2n) is 6.21. The van der Waals surface area contributed by atoms with Crippen LogP contribution in [0.25, 0.3) is 0 Å². The second-order valence-corrected chi connectivity index (χ2v) is 7.16. The van der Waals surface area contributed by atoms with E-state index < -0.39 is 5.41 Å². The number of carbonyl (C=O) groups excluding carboxylic acids is 1. The molecule has 0 bridgehead atoms. The highest BCUT2D eigenvalue weighted by Gasteiger charge is 2.67. The first kappa shape index (κ1) is 15.2. The average molecular weight is 321 g/mol. The van der Waals surface area contributed by atoms with Crippen molar-refractivity contribution in [3.8, 4) is 0 Å². The van der Waals surface area contributed by atoms with E-state index >= 15 is 0 Å². The lowest BCUT2D eigenvalue weighted by Gasteiger charge is -2.18. The van der Waals surface area contributed by atoms with E-state index in [1.807, 2.05) is 17.5 Å². The Kier molecular flexibility index (Phi) is 3.78. The van der Waals surface area contributed by atoms with Gasteiger partial charge in [0, 0.05) is 17.8 Å². The monoisotopic (exact) mass is 321 g/mol. The Morgan fingerprint density at radius 2 is 2.32 bits per heavy atom. The van der Waals surface area contributed by atoms with Gasteiger partial charge in [0.1, 0.15) is 6.61 Å². The summed E-state index contributed by atoms with van der Waals surface area (Å²) in [5.74, 6) is 0.745. The molecule has 7 heteroatoms. The van der Waals surface area contributed by atoms with Crippen LogP contribution in [0.4, 0.5) is 0 Å². The van der Waals surface area contributed by atoms with E-state index in [4.69, 9.17) is 9.63 Å². The van der Waals surface area contributed by atoms with Crippen molar-refractivity contribution in [2.24, 2.45) is 5.41 Å². The number of aliphatic hydroxyl groups is 1. The van der Waals surface area contributed by atoms with Gasteiger partial charge in [0.05, 0.1) is 5.41 Å². The average Bonchev–Trinajstić information content (AvgIpc) is 2.95. The van der Waals surface area contributed by atoms with Gasteiger partial charge in [-0.3, -0.25) is 4.79 Å². The summed E-state index contributed by atoms with van der Waals surface area (Å²) in [4.78, 5) is 17.8. The molecule has 2 heterocycles. The fraction of sp³-hybridized carbons (Fsp3) is 0.533. The molecule has 3 rings (SSSR count). The van der Waals surface area contributed by atoms with Crippen molar-refractivity contribution < 1.29 is 14.4 Å². The van der Waals surface area contributed by atoms with Gasteiger partial charge in [-0.2, -0.15) is 4.98 Å². The summed E-state index contributed by atoms with van der Waals surface area (Å²) in [6, 6.07) is 4.02. The molecule has 6 nitrogen and oxygen atoms in total. The molecule has 0 aliphatic heterocycles. The topological polar surface area (TPSA) is 88.2 Å². The maximum Gasteiger partial charge on any atom is 0.252 e. The summed E-state index contributed by atoms with van der Waals surface area (Å²) in [6.45, 7) is 4.43. The van der Waals surface area contributed by atoms with Crippen molar-refractivity contribution in [1.82, 2.24) is 15.5 Å². The van der Waals surface area contributed by atoms with Crippen LogP contribution in [0, 0.1) is 5.41 Å². The molecule has 1 aliphatic carbocycles. The fourth-order valence-electron chi connectivity index (χ4n) is 2.95. The quantitative estimate of drug-likeness (QED) is 0.844. The van der Waals surface area contributed by atoms with E-state index in [0.717, 1.165) is 11.3 Å². The van der Waals surface area contributed by atoms with Crippen LogP contribution in [0.5, 0.6) is 0 Å².